The van der Waals surface area contributed by atoms with Crippen molar-refractivity contribution < 1.29 is 8.42 Å². The van der Waals surface area contributed by atoms with E-state index in [9.17, 15) is 8.42 Å². The van der Waals surface area contributed by atoms with Crippen LogP contribution >= 0.6 is 11.3 Å². The van der Waals surface area contributed by atoms with Gasteiger partial charge in [-0.05, 0) is 48.6 Å². The fourth-order valence-corrected chi connectivity index (χ4v) is 6.07. The molecule has 154 valence electrons. The van der Waals surface area contributed by atoms with Gasteiger partial charge in [0.2, 0.25) is 10.0 Å². The van der Waals surface area contributed by atoms with Gasteiger partial charge in [-0.25, -0.2) is 18.4 Å². The summed E-state index contributed by atoms with van der Waals surface area (Å²) in [5.41, 5.74) is 2.06. The average molecular weight is 431 g/mol. The predicted molar refractivity (Wildman–Crippen MR) is 118 cm³/mol. The summed E-state index contributed by atoms with van der Waals surface area (Å²) >= 11 is 1.56. The molecule has 8 heteroatoms. The lowest BCUT2D eigenvalue weighted by atomic mass is 10.0. The highest BCUT2D eigenvalue weighted by atomic mass is 32.2. The number of hydrogen-bond acceptors (Lipinski definition) is 6. The van der Waals surface area contributed by atoms with Crippen molar-refractivity contribution in [2.75, 3.05) is 31.1 Å². The first-order valence-corrected chi connectivity index (χ1v) is 12.2. The van der Waals surface area contributed by atoms with E-state index in [4.69, 9.17) is 0 Å². The lowest BCUT2D eigenvalue weighted by Gasteiger charge is -2.21. The summed E-state index contributed by atoms with van der Waals surface area (Å²) in [4.78, 5) is 12.5. The zero-order valence-corrected chi connectivity index (χ0v) is 18.4. The lowest BCUT2D eigenvalue weighted by Crippen LogP contribution is -2.35. The summed E-state index contributed by atoms with van der Waals surface area (Å²) in [7, 11) is -3.48. The van der Waals surface area contributed by atoms with Gasteiger partial charge in [-0.2, -0.15) is 4.31 Å². The number of aromatic nitrogens is 2. The maximum atomic E-state index is 13.1. The summed E-state index contributed by atoms with van der Waals surface area (Å²) in [6.07, 6.45) is 3.50. The number of pyridine rings is 1. The number of anilines is 1. The average Bonchev–Trinajstić information content (AvgIpc) is 2.96. The molecular weight excluding hydrogens is 404 g/mol. The van der Waals surface area contributed by atoms with Crippen LogP contribution in [0.15, 0.2) is 47.5 Å². The molecule has 0 atom stereocenters. The maximum absolute atomic E-state index is 13.1. The summed E-state index contributed by atoms with van der Waals surface area (Å²) in [5.74, 6) is 0.548. The third-order valence-electron chi connectivity index (χ3n) is 5.09. The van der Waals surface area contributed by atoms with Gasteiger partial charge >= 0.3 is 0 Å². The monoisotopic (exact) mass is 430 g/mol. The van der Waals surface area contributed by atoms with Gasteiger partial charge in [-0.1, -0.05) is 37.3 Å². The summed E-state index contributed by atoms with van der Waals surface area (Å²) in [6.45, 7) is 6.73. The van der Waals surface area contributed by atoms with Gasteiger partial charge in [0, 0.05) is 32.4 Å². The molecule has 0 N–H and O–H groups in total. The molecule has 0 saturated carbocycles. The molecule has 3 aromatic rings. The smallest absolute Gasteiger partial charge is 0.243 e. The van der Waals surface area contributed by atoms with Crippen molar-refractivity contribution in [3.8, 4) is 0 Å². The standard InChI is InChI=1S/C21H26N4O2S2/c1-16(2)15-17-6-8-18(9-7-17)29(26,27)25-12-4-11-24(13-14-25)21-23-19-5-3-10-22-20(19)28-21/h3,5-10,16H,4,11-15H2,1-2H3. The molecule has 0 unspecified atom stereocenters. The molecule has 29 heavy (non-hydrogen) atoms. The Morgan fingerprint density at radius 1 is 1.07 bits per heavy atom. The second-order valence-electron chi connectivity index (χ2n) is 7.81. The Kier molecular flexibility index (Phi) is 5.85. The van der Waals surface area contributed by atoms with E-state index in [1.54, 1.807) is 34.0 Å². The van der Waals surface area contributed by atoms with Gasteiger partial charge < -0.3 is 4.90 Å². The van der Waals surface area contributed by atoms with Crippen molar-refractivity contribution in [2.24, 2.45) is 5.92 Å². The highest BCUT2D eigenvalue weighted by Gasteiger charge is 2.27. The van der Waals surface area contributed by atoms with Crippen LogP contribution in [-0.4, -0.2) is 48.9 Å². The predicted octanol–water partition coefficient (Wildman–Crippen LogP) is 3.79. The minimum absolute atomic E-state index is 0.377. The Hall–Kier alpha value is -2.03. The molecule has 1 aliphatic heterocycles. The number of thiazole rings is 1. The fourth-order valence-electron chi connectivity index (χ4n) is 3.64. The van der Waals surface area contributed by atoms with Crippen LogP contribution in [0.4, 0.5) is 5.13 Å². The quantitative estimate of drug-likeness (QED) is 0.616. The van der Waals surface area contributed by atoms with E-state index in [0.29, 0.717) is 30.4 Å². The Morgan fingerprint density at radius 3 is 2.59 bits per heavy atom. The summed E-state index contributed by atoms with van der Waals surface area (Å²) < 4.78 is 27.9. The van der Waals surface area contributed by atoms with Gasteiger partial charge in [0.05, 0.1) is 4.90 Å². The Morgan fingerprint density at radius 2 is 1.86 bits per heavy atom. The van der Waals surface area contributed by atoms with Crippen LogP contribution in [0.1, 0.15) is 25.8 Å². The normalized spacial score (nSPS) is 16.4. The van der Waals surface area contributed by atoms with Gasteiger partial charge in [-0.3, -0.25) is 0 Å². The van der Waals surface area contributed by atoms with Crippen molar-refractivity contribution in [1.29, 1.82) is 0 Å². The van der Waals surface area contributed by atoms with E-state index < -0.39 is 10.0 Å². The van der Waals surface area contributed by atoms with E-state index in [-0.39, 0.29) is 0 Å². The molecule has 0 spiro atoms. The third-order valence-corrected chi connectivity index (χ3v) is 8.04. The van der Waals surface area contributed by atoms with Crippen LogP contribution in [-0.2, 0) is 16.4 Å². The van der Waals surface area contributed by atoms with Crippen LogP contribution in [0.2, 0.25) is 0 Å². The van der Waals surface area contributed by atoms with Gasteiger partial charge in [0.15, 0.2) is 5.13 Å². The highest BCUT2D eigenvalue weighted by molar-refractivity contribution is 7.89. The second kappa shape index (κ2) is 8.38. The number of fused-ring (bicyclic) bond motifs is 1. The summed E-state index contributed by atoms with van der Waals surface area (Å²) in [5, 5.41) is 0.913. The van der Waals surface area contributed by atoms with E-state index >= 15 is 0 Å². The zero-order valence-electron chi connectivity index (χ0n) is 16.8. The molecule has 0 radical (unpaired) electrons. The Balaban J connectivity index is 1.48. The molecule has 1 aliphatic rings. The van der Waals surface area contributed by atoms with E-state index in [0.717, 1.165) is 34.9 Å². The van der Waals surface area contributed by atoms with E-state index in [2.05, 4.69) is 28.7 Å². The van der Waals surface area contributed by atoms with Crippen molar-refractivity contribution in [3.05, 3.63) is 48.2 Å². The van der Waals surface area contributed by atoms with E-state index in [1.165, 1.54) is 5.56 Å². The van der Waals surface area contributed by atoms with Crippen LogP contribution in [0.3, 0.4) is 0 Å². The lowest BCUT2D eigenvalue weighted by molar-refractivity contribution is 0.433. The van der Waals surface area contributed by atoms with E-state index in [1.807, 2.05) is 24.3 Å². The van der Waals surface area contributed by atoms with Crippen LogP contribution in [0.5, 0.6) is 0 Å². The minimum atomic E-state index is -3.48. The Labute approximate surface area is 176 Å². The second-order valence-corrected chi connectivity index (χ2v) is 10.7. The molecule has 0 amide bonds. The number of nitrogens with zero attached hydrogens (tertiary/aromatic N) is 4. The van der Waals surface area contributed by atoms with Crippen molar-refractivity contribution >= 4 is 36.8 Å². The first-order valence-electron chi connectivity index (χ1n) is 9.99. The maximum Gasteiger partial charge on any atom is 0.243 e. The molecule has 2 aromatic heterocycles. The molecule has 4 rings (SSSR count). The van der Waals surface area contributed by atoms with Gasteiger partial charge in [0.25, 0.3) is 0 Å². The van der Waals surface area contributed by atoms with Crippen molar-refractivity contribution in [3.63, 3.8) is 0 Å². The van der Waals surface area contributed by atoms with Crippen LogP contribution in [0, 0.1) is 5.92 Å². The van der Waals surface area contributed by atoms with Gasteiger partial charge in [0.1, 0.15) is 10.3 Å². The van der Waals surface area contributed by atoms with Crippen molar-refractivity contribution in [2.45, 2.75) is 31.6 Å². The zero-order chi connectivity index (χ0) is 20.4. The first kappa shape index (κ1) is 20.3. The number of sulfonamides is 1. The number of hydrogen-bond donors (Lipinski definition) is 0. The van der Waals surface area contributed by atoms with Gasteiger partial charge in [-0.15, -0.1) is 0 Å². The minimum Gasteiger partial charge on any atom is -0.347 e. The number of benzene rings is 1. The van der Waals surface area contributed by atoms with Crippen molar-refractivity contribution in [1.82, 2.24) is 14.3 Å². The SMILES string of the molecule is CC(C)Cc1ccc(S(=O)(=O)N2CCCN(c3nc4cccnc4s3)CC2)cc1. The van der Waals surface area contributed by atoms with Crippen LogP contribution < -0.4 is 4.90 Å². The molecular formula is C21H26N4O2S2. The molecule has 0 bridgehead atoms. The summed E-state index contributed by atoms with van der Waals surface area (Å²) in [6, 6.07) is 11.2. The Bertz CT molecular complexity index is 1040. The molecule has 1 fully saturated rings. The molecule has 1 aromatic carbocycles. The van der Waals surface area contributed by atoms with Crippen LogP contribution in [0.25, 0.3) is 10.3 Å². The third kappa shape index (κ3) is 4.44. The topological polar surface area (TPSA) is 66.4 Å². The molecule has 0 aliphatic carbocycles. The number of rotatable bonds is 5. The highest BCUT2D eigenvalue weighted by Crippen LogP contribution is 2.28. The molecule has 6 nitrogen and oxygen atoms in total. The molecule has 1 saturated heterocycles. The molecule has 3 heterocycles. The first-order chi connectivity index (χ1) is 13.9. The largest absolute Gasteiger partial charge is 0.347 e. The fraction of sp³-hybridized carbons (Fsp3) is 0.429.